The van der Waals surface area contributed by atoms with Crippen LogP contribution in [0.3, 0.4) is 0 Å². The molecule has 2 N–H and O–H groups in total. The van der Waals surface area contributed by atoms with Crippen molar-refractivity contribution in [1.29, 1.82) is 0 Å². The van der Waals surface area contributed by atoms with E-state index in [1.807, 2.05) is 18.2 Å². The third kappa shape index (κ3) is 3.78. The molecule has 1 heterocycles. The molecule has 1 aromatic rings. The van der Waals surface area contributed by atoms with Gasteiger partial charge in [0.05, 0.1) is 7.11 Å². The van der Waals surface area contributed by atoms with Crippen molar-refractivity contribution >= 4 is 0 Å². The fraction of sp³-hybridized carbons (Fsp3) is 0.667. The van der Waals surface area contributed by atoms with E-state index in [1.54, 1.807) is 7.11 Å². The zero-order valence-electron chi connectivity index (χ0n) is 13.8. The molecular weight excluding hydrogens is 260 g/mol. The van der Waals surface area contributed by atoms with Gasteiger partial charge in [0.2, 0.25) is 0 Å². The van der Waals surface area contributed by atoms with E-state index in [0.717, 1.165) is 17.9 Å². The molecule has 0 saturated carbocycles. The van der Waals surface area contributed by atoms with Gasteiger partial charge in [-0.1, -0.05) is 44.9 Å². The number of ether oxygens (including phenoxy) is 1. The number of benzene rings is 1. The number of hydrogen-bond donors (Lipinski definition) is 1. The van der Waals surface area contributed by atoms with Crippen molar-refractivity contribution in [2.24, 2.45) is 11.1 Å². The normalized spacial score (nSPS) is 20.2. The fourth-order valence-electron chi connectivity index (χ4n) is 3.52. The number of likely N-dealkylation sites (tertiary alicyclic amines) is 1. The lowest BCUT2D eigenvalue weighted by Crippen LogP contribution is -2.42. The Morgan fingerprint density at radius 2 is 1.81 bits per heavy atom. The maximum absolute atomic E-state index is 6.41. The SMILES string of the molecule is CCC1(CC)CCN(CC(N)c2ccccc2OC)CC1. The van der Waals surface area contributed by atoms with E-state index in [0.29, 0.717) is 5.41 Å². The summed E-state index contributed by atoms with van der Waals surface area (Å²) in [6, 6.07) is 8.12. The second-order valence-corrected chi connectivity index (χ2v) is 6.36. The molecule has 1 aromatic carbocycles. The first-order chi connectivity index (χ1) is 10.1. The average molecular weight is 290 g/mol. The summed E-state index contributed by atoms with van der Waals surface area (Å²) in [5, 5.41) is 0. The molecule has 1 saturated heterocycles. The van der Waals surface area contributed by atoms with E-state index < -0.39 is 0 Å². The fourth-order valence-corrected chi connectivity index (χ4v) is 3.52. The third-order valence-corrected chi connectivity index (χ3v) is 5.41. The van der Waals surface area contributed by atoms with Crippen LogP contribution in [0, 0.1) is 5.41 Å². The van der Waals surface area contributed by atoms with E-state index in [4.69, 9.17) is 10.5 Å². The van der Waals surface area contributed by atoms with Crippen molar-refractivity contribution < 1.29 is 4.74 Å². The molecule has 0 amide bonds. The lowest BCUT2D eigenvalue weighted by molar-refractivity contribution is 0.0913. The molecule has 1 atom stereocenters. The Bertz CT molecular complexity index is 433. The maximum atomic E-state index is 6.41. The van der Waals surface area contributed by atoms with Gasteiger partial charge in [0.1, 0.15) is 5.75 Å². The van der Waals surface area contributed by atoms with Crippen LogP contribution in [-0.2, 0) is 0 Å². The maximum Gasteiger partial charge on any atom is 0.123 e. The zero-order chi connectivity index (χ0) is 15.3. The van der Waals surface area contributed by atoms with Crippen LogP contribution in [0.15, 0.2) is 24.3 Å². The third-order valence-electron chi connectivity index (χ3n) is 5.41. The van der Waals surface area contributed by atoms with E-state index in [9.17, 15) is 0 Å². The molecule has 21 heavy (non-hydrogen) atoms. The lowest BCUT2D eigenvalue weighted by Gasteiger charge is -2.41. The molecule has 0 spiro atoms. The molecule has 1 aliphatic rings. The highest BCUT2D eigenvalue weighted by Crippen LogP contribution is 2.38. The van der Waals surface area contributed by atoms with Crippen molar-refractivity contribution in [3.8, 4) is 5.75 Å². The summed E-state index contributed by atoms with van der Waals surface area (Å²) >= 11 is 0. The Kier molecular flexibility index (Phi) is 5.65. The van der Waals surface area contributed by atoms with Crippen molar-refractivity contribution in [1.82, 2.24) is 4.90 Å². The van der Waals surface area contributed by atoms with Gasteiger partial charge in [-0.2, -0.15) is 0 Å². The van der Waals surface area contributed by atoms with Gasteiger partial charge in [0, 0.05) is 18.2 Å². The molecule has 0 bridgehead atoms. The van der Waals surface area contributed by atoms with E-state index in [2.05, 4.69) is 24.8 Å². The van der Waals surface area contributed by atoms with Gasteiger partial charge in [-0.3, -0.25) is 0 Å². The van der Waals surface area contributed by atoms with Gasteiger partial charge < -0.3 is 15.4 Å². The van der Waals surface area contributed by atoms with Crippen LogP contribution >= 0.6 is 0 Å². The lowest BCUT2D eigenvalue weighted by atomic mass is 9.74. The summed E-state index contributed by atoms with van der Waals surface area (Å²) in [5.41, 5.74) is 8.10. The number of nitrogens with two attached hydrogens (primary N) is 1. The van der Waals surface area contributed by atoms with Gasteiger partial charge in [-0.05, 0) is 37.4 Å². The Morgan fingerprint density at radius 3 is 2.38 bits per heavy atom. The van der Waals surface area contributed by atoms with E-state index >= 15 is 0 Å². The van der Waals surface area contributed by atoms with Gasteiger partial charge in [0.15, 0.2) is 0 Å². The van der Waals surface area contributed by atoms with Crippen LogP contribution in [0.4, 0.5) is 0 Å². The highest BCUT2D eigenvalue weighted by Gasteiger charge is 2.31. The molecule has 0 radical (unpaired) electrons. The van der Waals surface area contributed by atoms with Gasteiger partial charge in [0.25, 0.3) is 0 Å². The summed E-state index contributed by atoms with van der Waals surface area (Å²) in [4.78, 5) is 2.51. The minimum absolute atomic E-state index is 0.0249. The molecule has 1 aliphatic heterocycles. The Balaban J connectivity index is 1.94. The van der Waals surface area contributed by atoms with Gasteiger partial charge in [-0.25, -0.2) is 0 Å². The molecule has 1 unspecified atom stereocenters. The monoisotopic (exact) mass is 290 g/mol. The number of piperidine rings is 1. The number of nitrogens with zero attached hydrogens (tertiary/aromatic N) is 1. The van der Waals surface area contributed by atoms with Crippen LogP contribution in [0.1, 0.15) is 51.1 Å². The summed E-state index contributed by atoms with van der Waals surface area (Å²) in [6.07, 6.45) is 5.21. The minimum Gasteiger partial charge on any atom is -0.496 e. The first-order valence-corrected chi connectivity index (χ1v) is 8.25. The van der Waals surface area contributed by atoms with E-state index in [1.165, 1.54) is 38.8 Å². The van der Waals surface area contributed by atoms with Crippen molar-refractivity contribution in [2.45, 2.75) is 45.6 Å². The molecule has 0 aromatic heterocycles. The van der Waals surface area contributed by atoms with Crippen LogP contribution < -0.4 is 10.5 Å². The number of rotatable bonds is 6. The highest BCUT2D eigenvalue weighted by atomic mass is 16.5. The standard InChI is InChI=1S/C18H30N2O/c1-4-18(5-2)10-12-20(13-11-18)14-16(19)15-8-6-7-9-17(15)21-3/h6-9,16H,4-5,10-14,19H2,1-3H3. The van der Waals surface area contributed by atoms with Gasteiger partial charge >= 0.3 is 0 Å². The van der Waals surface area contributed by atoms with Crippen LogP contribution in [0.2, 0.25) is 0 Å². The predicted octanol–water partition coefficient (Wildman–Crippen LogP) is 3.60. The number of hydrogen-bond acceptors (Lipinski definition) is 3. The second-order valence-electron chi connectivity index (χ2n) is 6.36. The molecule has 2 rings (SSSR count). The highest BCUT2D eigenvalue weighted by molar-refractivity contribution is 5.35. The Morgan fingerprint density at radius 1 is 1.19 bits per heavy atom. The Hall–Kier alpha value is -1.06. The van der Waals surface area contributed by atoms with Crippen molar-refractivity contribution in [3.05, 3.63) is 29.8 Å². The molecule has 118 valence electrons. The van der Waals surface area contributed by atoms with Crippen molar-refractivity contribution in [2.75, 3.05) is 26.7 Å². The Labute approximate surface area is 129 Å². The van der Waals surface area contributed by atoms with Crippen LogP contribution in [0.25, 0.3) is 0 Å². The molecule has 3 heteroatoms. The second kappa shape index (κ2) is 7.28. The first-order valence-electron chi connectivity index (χ1n) is 8.25. The zero-order valence-corrected chi connectivity index (χ0v) is 13.8. The summed E-state index contributed by atoms with van der Waals surface area (Å²) < 4.78 is 5.42. The number of para-hydroxylation sites is 1. The molecule has 1 fully saturated rings. The van der Waals surface area contributed by atoms with Crippen LogP contribution in [-0.4, -0.2) is 31.6 Å². The minimum atomic E-state index is 0.0249. The van der Waals surface area contributed by atoms with Gasteiger partial charge in [-0.15, -0.1) is 0 Å². The van der Waals surface area contributed by atoms with Crippen molar-refractivity contribution in [3.63, 3.8) is 0 Å². The quantitative estimate of drug-likeness (QED) is 0.870. The topological polar surface area (TPSA) is 38.5 Å². The first kappa shape index (κ1) is 16.3. The predicted molar refractivity (Wildman–Crippen MR) is 88.6 cm³/mol. The number of methoxy groups -OCH3 is 1. The summed E-state index contributed by atoms with van der Waals surface area (Å²) in [7, 11) is 1.71. The van der Waals surface area contributed by atoms with Crippen LogP contribution in [0.5, 0.6) is 5.75 Å². The summed E-state index contributed by atoms with van der Waals surface area (Å²) in [6.45, 7) is 7.93. The largest absolute Gasteiger partial charge is 0.496 e. The smallest absolute Gasteiger partial charge is 0.123 e. The summed E-state index contributed by atoms with van der Waals surface area (Å²) in [5.74, 6) is 0.901. The van der Waals surface area contributed by atoms with E-state index in [-0.39, 0.29) is 6.04 Å². The molecule has 0 aliphatic carbocycles. The average Bonchev–Trinajstić information content (AvgIpc) is 2.55. The molecular formula is C18H30N2O. The molecule has 3 nitrogen and oxygen atoms in total.